The summed E-state index contributed by atoms with van der Waals surface area (Å²) in [5, 5.41) is 9.41. The van der Waals surface area contributed by atoms with Crippen LogP contribution in [-0.2, 0) is 7.05 Å². The molecule has 6 heteroatoms. The van der Waals surface area contributed by atoms with E-state index in [1.165, 1.54) is 0 Å². The van der Waals surface area contributed by atoms with Crippen LogP contribution in [0.3, 0.4) is 0 Å². The van der Waals surface area contributed by atoms with Crippen molar-refractivity contribution in [1.29, 1.82) is 0 Å². The molecule has 0 N–H and O–H groups in total. The Hall–Kier alpha value is -2.60. The minimum Gasteiger partial charge on any atom is -0.496 e. The molecule has 134 valence electrons. The summed E-state index contributed by atoms with van der Waals surface area (Å²) in [4.78, 5) is 12.1. The van der Waals surface area contributed by atoms with E-state index in [4.69, 9.17) is 4.74 Å². The van der Waals surface area contributed by atoms with Gasteiger partial charge in [0.05, 0.1) is 12.7 Å². The zero-order valence-electron chi connectivity index (χ0n) is 14.9. The van der Waals surface area contributed by atoms with Gasteiger partial charge >= 0.3 is 0 Å². The molecule has 2 aromatic carbocycles. The molecule has 0 aliphatic rings. The normalized spacial score (nSPS) is 10.7. The number of hydrogen-bond acceptors (Lipinski definition) is 5. The smallest absolute Gasteiger partial charge is 0.191 e. The molecule has 3 rings (SSSR count). The summed E-state index contributed by atoms with van der Waals surface area (Å²) in [7, 11) is 3.59. The Morgan fingerprint density at radius 2 is 1.81 bits per heavy atom. The summed E-state index contributed by atoms with van der Waals surface area (Å²) in [5.41, 5.74) is 1.69. The molecule has 26 heavy (non-hydrogen) atoms. The zero-order valence-corrected chi connectivity index (χ0v) is 15.7. The number of aromatic nitrogens is 3. The number of nitrogens with zero attached hydrogens (tertiary/aromatic N) is 3. The number of benzene rings is 2. The van der Waals surface area contributed by atoms with Crippen molar-refractivity contribution in [3.63, 3.8) is 0 Å². The number of para-hydroxylation sites is 1. The fourth-order valence-electron chi connectivity index (χ4n) is 2.67. The van der Waals surface area contributed by atoms with E-state index in [0.29, 0.717) is 6.42 Å². The average Bonchev–Trinajstić information content (AvgIpc) is 3.06. The number of Topliss-reactive ketones (excluding diaryl/α,β-unsaturated/α-hetero) is 1. The van der Waals surface area contributed by atoms with E-state index in [1.54, 1.807) is 18.9 Å². The number of ketones is 1. The van der Waals surface area contributed by atoms with Gasteiger partial charge in [0.2, 0.25) is 0 Å². The van der Waals surface area contributed by atoms with E-state index in [9.17, 15) is 4.79 Å². The molecule has 0 fully saturated rings. The van der Waals surface area contributed by atoms with Gasteiger partial charge in [0, 0.05) is 24.8 Å². The molecule has 0 aliphatic heterocycles. The topological polar surface area (TPSA) is 57.0 Å². The lowest BCUT2D eigenvalue weighted by atomic mass is 10.1. The maximum atomic E-state index is 12.1. The molecule has 0 aliphatic carbocycles. The molecule has 0 saturated carbocycles. The lowest BCUT2D eigenvalue weighted by Crippen LogP contribution is -2.00. The lowest BCUT2D eigenvalue weighted by Gasteiger charge is -2.08. The average molecular weight is 367 g/mol. The Labute approximate surface area is 157 Å². The molecule has 1 aromatic heterocycles. The highest BCUT2D eigenvalue weighted by molar-refractivity contribution is 7.99. The molecule has 0 amide bonds. The van der Waals surface area contributed by atoms with Crippen LogP contribution in [0.15, 0.2) is 59.8 Å². The molecular formula is C20H21N3O2S. The fourth-order valence-corrected chi connectivity index (χ4v) is 3.52. The van der Waals surface area contributed by atoms with Gasteiger partial charge in [0.15, 0.2) is 16.8 Å². The van der Waals surface area contributed by atoms with Crippen molar-refractivity contribution in [2.45, 2.75) is 18.0 Å². The molecule has 1 heterocycles. The Kier molecular flexibility index (Phi) is 6.07. The summed E-state index contributed by atoms with van der Waals surface area (Å²) in [6.07, 6.45) is 1.34. The molecule has 0 saturated heterocycles. The molecule has 0 atom stereocenters. The van der Waals surface area contributed by atoms with Crippen LogP contribution < -0.4 is 4.74 Å². The number of carbonyl (C=O) groups excluding carboxylic acids is 1. The maximum Gasteiger partial charge on any atom is 0.191 e. The van der Waals surface area contributed by atoms with Gasteiger partial charge in [-0.2, -0.15) is 0 Å². The second kappa shape index (κ2) is 8.67. The standard InChI is InChI=1S/C20H21N3O2S/c1-23-19(16-11-6-7-13-18(16)25-2)21-22-20(23)26-14-8-12-17(24)15-9-4-3-5-10-15/h3-7,9-11,13H,8,12,14H2,1-2H3. The number of thioether (sulfide) groups is 1. The van der Waals surface area contributed by atoms with Crippen molar-refractivity contribution in [2.75, 3.05) is 12.9 Å². The summed E-state index contributed by atoms with van der Waals surface area (Å²) in [6, 6.07) is 17.2. The third-order valence-electron chi connectivity index (χ3n) is 4.06. The van der Waals surface area contributed by atoms with Crippen molar-refractivity contribution < 1.29 is 9.53 Å². The predicted octanol–water partition coefficient (Wildman–Crippen LogP) is 4.25. The van der Waals surface area contributed by atoms with E-state index < -0.39 is 0 Å². The van der Waals surface area contributed by atoms with E-state index in [0.717, 1.165) is 40.0 Å². The van der Waals surface area contributed by atoms with E-state index in [2.05, 4.69) is 10.2 Å². The second-order valence-corrected chi connectivity index (χ2v) is 6.87. The molecule has 0 spiro atoms. The largest absolute Gasteiger partial charge is 0.496 e. The minimum atomic E-state index is 0.180. The first-order chi connectivity index (χ1) is 12.7. The molecule has 3 aromatic rings. The summed E-state index contributed by atoms with van der Waals surface area (Å²) < 4.78 is 7.37. The SMILES string of the molecule is COc1ccccc1-c1nnc(SCCCC(=O)c2ccccc2)n1C. The third kappa shape index (κ3) is 4.14. The van der Waals surface area contributed by atoms with Gasteiger partial charge < -0.3 is 9.30 Å². The van der Waals surface area contributed by atoms with Gasteiger partial charge in [0.1, 0.15) is 5.75 Å². The van der Waals surface area contributed by atoms with Crippen LogP contribution in [0.2, 0.25) is 0 Å². The Bertz CT molecular complexity index is 878. The summed E-state index contributed by atoms with van der Waals surface area (Å²) in [5.74, 6) is 2.54. The van der Waals surface area contributed by atoms with Crippen LogP contribution in [-0.4, -0.2) is 33.4 Å². The number of ether oxygens (including phenoxy) is 1. The van der Waals surface area contributed by atoms with Crippen molar-refractivity contribution in [3.05, 3.63) is 60.2 Å². The van der Waals surface area contributed by atoms with Crippen molar-refractivity contribution >= 4 is 17.5 Å². The van der Waals surface area contributed by atoms with Crippen LogP contribution in [0.4, 0.5) is 0 Å². The quantitative estimate of drug-likeness (QED) is 0.338. The molecule has 0 unspecified atom stereocenters. The zero-order chi connectivity index (χ0) is 18.4. The number of carbonyl (C=O) groups is 1. The van der Waals surface area contributed by atoms with Crippen molar-refractivity contribution in [1.82, 2.24) is 14.8 Å². The predicted molar refractivity (Wildman–Crippen MR) is 104 cm³/mol. The monoisotopic (exact) mass is 367 g/mol. The van der Waals surface area contributed by atoms with Crippen LogP contribution in [0, 0.1) is 0 Å². The van der Waals surface area contributed by atoms with Gasteiger partial charge in [-0.25, -0.2) is 0 Å². The van der Waals surface area contributed by atoms with E-state index in [-0.39, 0.29) is 5.78 Å². The first-order valence-corrected chi connectivity index (χ1v) is 9.43. The van der Waals surface area contributed by atoms with Crippen LogP contribution in [0.5, 0.6) is 5.75 Å². The van der Waals surface area contributed by atoms with Gasteiger partial charge in [-0.3, -0.25) is 4.79 Å². The Balaban J connectivity index is 1.58. The molecule has 0 radical (unpaired) electrons. The number of hydrogen-bond donors (Lipinski definition) is 0. The first kappa shape index (κ1) is 18.2. The van der Waals surface area contributed by atoms with Crippen molar-refractivity contribution in [2.24, 2.45) is 7.05 Å². The Morgan fingerprint density at radius 1 is 1.08 bits per heavy atom. The lowest BCUT2D eigenvalue weighted by molar-refractivity contribution is 0.0982. The van der Waals surface area contributed by atoms with Crippen LogP contribution >= 0.6 is 11.8 Å². The number of rotatable bonds is 8. The Morgan fingerprint density at radius 3 is 2.58 bits per heavy atom. The molecular weight excluding hydrogens is 346 g/mol. The maximum absolute atomic E-state index is 12.1. The van der Waals surface area contributed by atoms with Crippen LogP contribution in [0.1, 0.15) is 23.2 Å². The van der Waals surface area contributed by atoms with Gasteiger partial charge in [-0.1, -0.05) is 54.2 Å². The summed E-state index contributed by atoms with van der Waals surface area (Å²) in [6.45, 7) is 0. The fraction of sp³-hybridized carbons (Fsp3) is 0.250. The highest BCUT2D eigenvalue weighted by Gasteiger charge is 2.14. The van der Waals surface area contributed by atoms with Gasteiger partial charge in [0.25, 0.3) is 0 Å². The third-order valence-corrected chi connectivity index (χ3v) is 5.16. The van der Waals surface area contributed by atoms with E-state index in [1.807, 2.05) is 66.2 Å². The van der Waals surface area contributed by atoms with Gasteiger partial charge in [-0.05, 0) is 18.6 Å². The molecule has 0 bridgehead atoms. The second-order valence-electron chi connectivity index (χ2n) is 5.81. The molecule has 5 nitrogen and oxygen atoms in total. The highest BCUT2D eigenvalue weighted by atomic mass is 32.2. The number of methoxy groups -OCH3 is 1. The van der Waals surface area contributed by atoms with Crippen LogP contribution in [0.25, 0.3) is 11.4 Å². The van der Waals surface area contributed by atoms with Gasteiger partial charge in [-0.15, -0.1) is 10.2 Å². The summed E-state index contributed by atoms with van der Waals surface area (Å²) >= 11 is 1.61. The first-order valence-electron chi connectivity index (χ1n) is 8.44. The van der Waals surface area contributed by atoms with Crippen molar-refractivity contribution in [3.8, 4) is 17.1 Å². The minimum absolute atomic E-state index is 0.180. The highest BCUT2D eigenvalue weighted by Crippen LogP contribution is 2.30. The van der Waals surface area contributed by atoms with E-state index >= 15 is 0 Å².